The van der Waals surface area contributed by atoms with E-state index in [2.05, 4.69) is 10.6 Å². The lowest BCUT2D eigenvalue weighted by Gasteiger charge is -2.31. The highest BCUT2D eigenvalue weighted by Gasteiger charge is 2.37. The molecule has 0 saturated carbocycles. The number of amides is 1. The van der Waals surface area contributed by atoms with Crippen LogP contribution < -0.4 is 10.6 Å². The average Bonchev–Trinajstić information content (AvgIpc) is 2.83. The predicted molar refractivity (Wildman–Crippen MR) is 133 cm³/mol. The normalized spacial score (nSPS) is 12.7. The summed E-state index contributed by atoms with van der Waals surface area (Å²) < 4.78 is 78.8. The van der Waals surface area contributed by atoms with Crippen LogP contribution in [0.5, 0.6) is 0 Å². The van der Waals surface area contributed by atoms with Crippen LogP contribution in [0.3, 0.4) is 0 Å². The second kappa shape index (κ2) is 11.2. The maximum absolute atomic E-state index is 13.3. The van der Waals surface area contributed by atoms with Crippen LogP contribution in [-0.2, 0) is 17.1 Å². The number of rotatable bonds is 6. The van der Waals surface area contributed by atoms with Crippen LogP contribution in [0.4, 0.5) is 32.0 Å². The fourth-order valence-electron chi connectivity index (χ4n) is 3.80. The summed E-state index contributed by atoms with van der Waals surface area (Å²) in [6.45, 7) is 1.49. The Bertz CT molecular complexity index is 1160. The largest absolute Gasteiger partial charge is 0.416 e. The van der Waals surface area contributed by atoms with Crippen LogP contribution in [0.25, 0.3) is 0 Å². The van der Waals surface area contributed by atoms with Crippen molar-refractivity contribution in [2.24, 2.45) is 0 Å². The number of hydrogen-bond acceptors (Lipinski definition) is 2. The van der Waals surface area contributed by atoms with Crippen molar-refractivity contribution >= 4 is 28.9 Å². The lowest BCUT2D eigenvalue weighted by molar-refractivity contribution is -0.143. The van der Waals surface area contributed by atoms with Gasteiger partial charge in [-0.2, -0.15) is 26.3 Å². The van der Waals surface area contributed by atoms with Crippen LogP contribution >= 0.6 is 12.2 Å². The molecule has 0 aliphatic heterocycles. The number of anilines is 1. The van der Waals surface area contributed by atoms with Crippen molar-refractivity contribution in [1.29, 1.82) is 0 Å². The molecule has 1 amide bonds. The molecule has 11 heteroatoms. The zero-order valence-corrected chi connectivity index (χ0v) is 20.5. The van der Waals surface area contributed by atoms with Gasteiger partial charge < -0.3 is 15.5 Å². The molecule has 0 bridgehead atoms. The van der Waals surface area contributed by atoms with Gasteiger partial charge in [0, 0.05) is 12.7 Å². The molecule has 0 aliphatic rings. The number of alkyl halides is 6. The van der Waals surface area contributed by atoms with Crippen molar-refractivity contribution in [2.45, 2.75) is 31.4 Å². The quantitative estimate of drug-likeness (QED) is 0.272. The van der Waals surface area contributed by atoms with Gasteiger partial charge in [0.15, 0.2) is 5.11 Å². The summed E-state index contributed by atoms with van der Waals surface area (Å²) in [5.74, 6) is -0.401. The van der Waals surface area contributed by atoms with Gasteiger partial charge in [-0.3, -0.25) is 4.79 Å². The van der Waals surface area contributed by atoms with Crippen LogP contribution in [0, 0.1) is 0 Å². The molecule has 0 saturated heterocycles. The van der Waals surface area contributed by atoms with Gasteiger partial charge in [-0.1, -0.05) is 60.7 Å². The van der Waals surface area contributed by atoms with Crippen LogP contribution in [-0.4, -0.2) is 29.0 Å². The molecule has 0 radical (unpaired) electrons. The van der Waals surface area contributed by atoms with E-state index in [4.69, 9.17) is 12.2 Å². The van der Waals surface area contributed by atoms with Gasteiger partial charge in [-0.05, 0) is 48.5 Å². The standard InChI is InChI=1S/C26H23F6N3OS/c1-16(23(36)35(2)22(17-9-5-3-6-10-17)18-11-7-4-8-12-18)33-24(37)34-21-14-19(25(27,28)29)13-20(15-21)26(30,31)32/h3-16,22H,1-2H3,(H2,33,34,37)/t16-/m0/s1. The third kappa shape index (κ3) is 7.22. The van der Waals surface area contributed by atoms with E-state index in [1.807, 2.05) is 60.7 Å². The van der Waals surface area contributed by atoms with Crippen molar-refractivity contribution in [3.63, 3.8) is 0 Å². The molecule has 3 aromatic rings. The number of halogens is 6. The van der Waals surface area contributed by atoms with Crippen molar-refractivity contribution in [2.75, 3.05) is 12.4 Å². The monoisotopic (exact) mass is 539 g/mol. The Morgan fingerprint density at radius 3 is 1.65 bits per heavy atom. The molecule has 0 spiro atoms. The third-order valence-electron chi connectivity index (χ3n) is 5.53. The molecule has 37 heavy (non-hydrogen) atoms. The fourth-order valence-corrected chi connectivity index (χ4v) is 4.09. The molecule has 0 fully saturated rings. The van der Waals surface area contributed by atoms with Gasteiger partial charge in [-0.25, -0.2) is 0 Å². The Balaban J connectivity index is 1.78. The minimum Gasteiger partial charge on any atom is -0.351 e. The smallest absolute Gasteiger partial charge is 0.351 e. The maximum Gasteiger partial charge on any atom is 0.416 e. The summed E-state index contributed by atoms with van der Waals surface area (Å²) in [6, 6.07) is 18.2. The average molecular weight is 540 g/mol. The molecule has 0 aromatic heterocycles. The van der Waals surface area contributed by atoms with Gasteiger partial charge in [-0.15, -0.1) is 0 Å². The van der Waals surface area contributed by atoms with E-state index < -0.39 is 47.2 Å². The number of hydrogen-bond donors (Lipinski definition) is 2. The second-order valence-electron chi connectivity index (χ2n) is 8.29. The molecular formula is C26H23F6N3OS. The van der Waals surface area contributed by atoms with E-state index >= 15 is 0 Å². The minimum absolute atomic E-state index is 0.0239. The van der Waals surface area contributed by atoms with Gasteiger partial charge >= 0.3 is 12.4 Å². The number of carbonyl (C=O) groups is 1. The van der Waals surface area contributed by atoms with E-state index in [0.29, 0.717) is 12.1 Å². The first kappa shape index (κ1) is 28.0. The van der Waals surface area contributed by atoms with Crippen LogP contribution in [0.1, 0.15) is 35.2 Å². The Labute approximate surface area is 215 Å². The Morgan fingerprint density at radius 2 is 1.24 bits per heavy atom. The molecule has 1 atom stereocenters. The molecular weight excluding hydrogens is 516 g/mol. The Morgan fingerprint density at radius 1 is 0.811 bits per heavy atom. The first-order valence-corrected chi connectivity index (χ1v) is 11.4. The number of benzene rings is 3. The molecule has 4 nitrogen and oxygen atoms in total. The van der Waals surface area contributed by atoms with Gasteiger partial charge in [0.2, 0.25) is 5.91 Å². The van der Waals surface area contributed by atoms with E-state index in [1.165, 1.54) is 11.8 Å². The maximum atomic E-state index is 13.3. The van der Waals surface area contributed by atoms with Crippen LogP contribution in [0.15, 0.2) is 78.9 Å². The third-order valence-corrected chi connectivity index (χ3v) is 5.75. The molecule has 0 heterocycles. The van der Waals surface area contributed by atoms with E-state index in [1.54, 1.807) is 7.05 Å². The van der Waals surface area contributed by atoms with Crippen molar-refractivity contribution < 1.29 is 31.1 Å². The number of nitrogens with zero attached hydrogens (tertiary/aromatic N) is 1. The first-order chi connectivity index (χ1) is 17.3. The van der Waals surface area contributed by atoms with Crippen LogP contribution in [0.2, 0.25) is 0 Å². The number of thiocarbonyl (C=S) groups is 1. The zero-order valence-electron chi connectivity index (χ0n) is 19.7. The van der Waals surface area contributed by atoms with Crippen molar-refractivity contribution in [3.8, 4) is 0 Å². The van der Waals surface area contributed by atoms with E-state index in [-0.39, 0.29) is 11.2 Å². The van der Waals surface area contributed by atoms with Crippen molar-refractivity contribution in [3.05, 3.63) is 101 Å². The summed E-state index contributed by atoms with van der Waals surface area (Å²) in [5.41, 5.74) is -1.78. The summed E-state index contributed by atoms with van der Waals surface area (Å²) in [7, 11) is 1.60. The van der Waals surface area contributed by atoms with E-state index in [0.717, 1.165) is 11.1 Å². The summed E-state index contributed by atoms with van der Waals surface area (Å²) in [4.78, 5) is 14.8. The van der Waals surface area contributed by atoms with Gasteiger partial charge in [0.05, 0.1) is 17.2 Å². The number of likely N-dealkylation sites (N-methyl/N-ethyl adjacent to an activating group) is 1. The zero-order chi connectivity index (χ0) is 27.4. The Hall–Kier alpha value is -3.60. The molecule has 0 unspecified atom stereocenters. The minimum atomic E-state index is -5.00. The van der Waals surface area contributed by atoms with Crippen molar-refractivity contribution in [1.82, 2.24) is 10.2 Å². The molecule has 0 aliphatic carbocycles. The summed E-state index contributed by atoms with van der Waals surface area (Å²) in [5, 5.41) is 4.68. The Kier molecular flexibility index (Phi) is 8.47. The summed E-state index contributed by atoms with van der Waals surface area (Å²) >= 11 is 5.09. The lowest BCUT2D eigenvalue weighted by atomic mass is 9.97. The highest BCUT2D eigenvalue weighted by atomic mass is 32.1. The number of nitrogens with one attached hydrogen (secondary N) is 2. The fraction of sp³-hybridized carbons (Fsp3) is 0.231. The SMILES string of the molecule is C[C@H](NC(=S)Nc1cc(C(F)(F)F)cc(C(F)(F)F)c1)C(=O)N(C)C(c1ccccc1)c1ccccc1. The topological polar surface area (TPSA) is 44.4 Å². The number of carbonyl (C=O) groups excluding carboxylic acids is 1. The highest BCUT2D eigenvalue weighted by molar-refractivity contribution is 7.80. The predicted octanol–water partition coefficient (Wildman–Crippen LogP) is 6.65. The van der Waals surface area contributed by atoms with Gasteiger partial charge in [0.1, 0.15) is 6.04 Å². The molecule has 3 rings (SSSR count). The second-order valence-corrected chi connectivity index (χ2v) is 8.70. The lowest BCUT2D eigenvalue weighted by Crippen LogP contribution is -2.48. The van der Waals surface area contributed by atoms with Gasteiger partial charge in [0.25, 0.3) is 0 Å². The molecule has 2 N–H and O–H groups in total. The first-order valence-electron chi connectivity index (χ1n) is 11.0. The molecule has 196 valence electrons. The summed E-state index contributed by atoms with van der Waals surface area (Å²) in [6.07, 6.45) is -9.99. The van der Waals surface area contributed by atoms with E-state index in [9.17, 15) is 31.1 Å². The molecule has 3 aromatic carbocycles. The highest BCUT2D eigenvalue weighted by Crippen LogP contribution is 2.37.